The molecule has 0 aromatic heterocycles. The topological polar surface area (TPSA) is 29.5 Å². The molecule has 4 heteroatoms. The molecule has 0 radical (unpaired) electrons. The zero-order valence-corrected chi connectivity index (χ0v) is 10.2. The number of carbonyl (C=O) groups is 1. The van der Waals surface area contributed by atoms with Crippen LogP contribution in [0.5, 0.6) is 5.75 Å². The first-order chi connectivity index (χ1) is 6.63. The quantitative estimate of drug-likeness (QED) is 0.747. The number of hydrogen-bond donors (Lipinski definition) is 0. The Bertz CT molecular complexity index is 308. The van der Waals surface area contributed by atoms with Gasteiger partial charge < -0.3 is 0 Å². The number of hydrogen-bond acceptors (Lipinski definition) is 2. The van der Waals surface area contributed by atoms with Crippen LogP contribution in [0.1, 0.15) is 0 Å². The molecular formula is C10H13NO2Se. The molecule has 0 N–H and O–H groups in total. The first kappa shape index (κ1) is 11.1. The van der Waals surface area contributed by atoms with Gasteiger partial charge in [-0.25, -0.2) is 0 Å². The van der Waals surface area contributed by atoms with E-state index in [9.17, 15) is 4.79 Å². The van der Waals surface area contributed by atoms with Crippen molar-refractivity contribution in [3.63, 3.8) is 0 Å². The van der Waals surface area contributed by atoms with Crippen molar-refractivity contribution in [1.29, 1.82) is 0 Å². The number of benzene rings is 1. The summed E-state index contributed by atoms with van der Waals surface area (Å²) in [5.74, 6) is 0.821. The van der Waals surface area contributed by atoms with Gasteiger partial charge in [-0.15, -0.1) is 0 Å². The van der Waals surface area contributed by atoms with Gasteiger partial charge in [0.25, 0.3) is 0 Å². The molecule has 76 valence electrons. The second-order valence-corrected chi connectivity index (χ2v) is 5.09. The summed E-state index contributed by atoms with van der Waals surface area (Å²) in [6, 6.07) is 7.61. The van der Waals surface area contributed by atoms with Gasteiger partial charge in [0.1, 0.15) is 0 Å². The summed E-state index contributed by atoms with van der Waals surface area (Å²) in [6.45, 7) is 0. The summed E-state index contributed by atoms with van der Waals surface area (Å²) in [5, 5.41) is 0. The number of amides is 1. The van der Waals surface area contributed by atoms with Crippen molar-refractivity contribution in [2.24, 2.45) is 0 Å². The van der Waals surface area contributed by atoms with Crippen LogP contribution in [0.25, 0.3) is 0 Å². The van der Waals surface area contributed by atoms with Crippen LogP contribution in [0, 0.1) is 0 Å². The van der Waals surface area contributed by atoms with Crippen LogP contribution in [0.15, 0.2) is 24.3 Å². The summed E-state index contributed by atoms with van der Waals surface area (Å²) in [5.41, 5.74) is 0. The zero-order chi connectivity index (χ0) is 10.6. The molecule has 0 heterocycles. The molecule has 0 spiro atoms. The van der Waals surface area contributed by atoms with Crippen LogP contribution in [-0.4, -0.2) is 45.9 Å². The summed E-state index contributed by atoms with van der Waals surface area (Å²) in [6.07, 6.45) is 0. The third-order valence-corrected chi connectivity index (χ3v) is 3.83. The van der Waals surface area contributed by atoms with Crippen molar-refractivity contribution in [2.45, 2.75) is 0 Å². The van der Waals surface area contributed by atoms with Gasteiger partial charge in [0.05, 0.1) is 0 Å². The number of methoxy groups -OCH3 is 1. The maximum absolute atomic E-state index is 11.4. The molecule has 1 amide bonds. The SMILES string of the molecule is COc1ccc([Se]C(=O)N(C)C)cc1. The molecule has 0 saturated carbocycles. The van der Waals surface area contributed by atoms with Gasteiger partial charge in [0, 0.05) is 0 Å². The molecule has 1 aromatic rings. The van der Waals surface area contributed by atoms with Gasteiger partial charge in [0.15, 0.2) is 0 Å². The Hall–Kier alpha value is -0.991. The Labute approximate surface area is 90.2 Å². The van der Waals surface area contributed by atoms with Crippen molar-refractivity contribution >= 4 is 24.2 Å². The Morgan fingerprint density at radius 1 is 1.29 bits per heavy atom. The number of rotatable bonds is 3. The molecule has 0 fully saturated rings. The van der Waals surface area contributed by atoms with Gasteiger partial charge in [-0.2, -0.15) is 0 Å². The molecule has 0 aliphatic heterocycles. The third-order valence-electron chi connectivity index (χ3n) is 1.63. The van der Waals surface area contributed by atoms with Crippen molar-refractivity contribution in [3.8, 4) is 5.75 Å². The Balaban J connectivity index is 2.64. The van der Waals surface area contributed by atoms with Gasteiger partial charge in [0.2, 0.25) is 0 Å². The number of ether oxygens (including phenoxy) is 1. The fraction of sp³-hybridized carbons (Fsp3) is 0.300. The van der Waals surface area contributed by atoms with Crippen molar-refractivity contribution < 1.29 is 9.53 Å². The van der Waals surface area contributed by atoms with E-state index in [2.05, 4.69) is 0 Å². The van der Waals surface area contributed by atoms with E-state index in [-0.39, 0.29) is 19.8 Å². The Kier molecular flexibility index (Phi) is 3.98. The average molecular weight is 258 g/mol. The first-order valence-corrected chi connectivity index (χ1v) is 5.88. The maximum atomic E-state index is 11.4. The van der Waals surface area contributed by atoms with Crippen LogP contribution in [0.4, 0.5) is 4.79 Å². The summed E-state index contributed by atoms with van der Waals surface area (Å²) in [4.78, 5) is 13.2. The standard InChI is InChI=1S/C10H13NO2Se/c1-11(2)10(12)14-9-6-4-8(13-3)5-7-9/h4-7H,1-3H3. The fourth-order valence-electron chi connectivity index (χ4n) is 0.836. The van der Waals surface area contributed by atoms with Gasteiger partial charge >= 0.3 is 89.9 Å². The Morgan fingerprint density at radius 2 is 1.86 bits per heavy atom. The number of carbonyl (C=O) groups excluding carboxylic acids is 1. The van der Waals surface area contributed by atoms with E-state index in [4.69, 9.17) is 4.74 Å². The normalized spacial score (nSPS) is 9.64. The molecule has 1 aromatic carbocycles. The van der Waals surface area contributed by atoms with Gasteiger partial charge in [-0.05, 0) is 0 Å². The second-order valence-electron chi connectivity index (χ2n) is 2.94. The molecule has 0 atom stereocenters. The van der Waals surface area contributed by atoms with Crippen LogP contribution in [0.2, 0.25) is 0 Å². The van der Waals surface area contributed by atoms with Crippen molar-refractivity contribution in [3.05, 3.63) is 24.3 Å². The predicted molar refractivity (Wildman–Crippen MR) is 57.5 cm³/mol. The molecule has 0 saturated heterocycles. The molecule has 3 nitrogen and oxygen atoms in total. The van der Waals surface area contributed by atoms with Crippen LogP contribution in [-0.2, 0) is 0 Å². The molecule has 0 aliphatic rings. The first-order valence-electron chi connectivity index (χ1n) is 4.16. The average Bonchev–Trinajstić information content (AvgIpc) is 2.19. The fourth-order valence-corrected chi connectivity index (χ4v) is 2.21. The predicted octanol–water partition coefficient (Wildman–Crippen LogP) is 0.706. The Morgan fingerprint density at radius 3 is 2.29 bits per heavy atom. The summed E-state index contributed by atoms with van der Waals surface area (Å²) in [7, 11) is 5.17. The second kappa shape index (κ2) is 5.03. The zero-order valence-electron chi connectivity index (χ0n) is 8.48. The van der Waals surface area contributed by atoms with E-state index in [0.29, 0.717) is 0 Å². The molecule has 1 rings (SSSR count). The van der Waals surface area contributed by atoms with Crippen LogP contribution < -0.4 is 9.20 Å². The number of nitrogens with zero attached hydrogens (tertiary/aromatic N) is 1. The minimum absolute atomic E-state index is 0.129. The third kappa shape index (κ3) is 3.05. The van der Waals surface area contributed by atoms with E-state index in [1.54, 1.807) is 26.1 Å². The minimum atomic E-state index is -0.129. The van der Waals surface area contributed by atoms with Crippen molar-refractivity contribution in [2.75, 3.05) is 21.2 Å². The molecule has 0 unspecified atom stereocenters. The van der Waals surface area contributed by atoms with E-state index in [1.165, 1.54) is 0 Å². The van der Waals surface area contributed by atoms with Crippen LogP contribution >= 0.6 is 0 Å². The van der Waals surface area contributed by atoms with E-state index >= 15 is 0 Å². The molecule has 0 aliphatic carbocycles. The molecule has 0 bridgehead atoms. The van der Waals surface area contributed by atoms with Crippen LogP contribution in [0.3, 0.4) is 0 Å². The van der Waals surface area contributed by atoms with Gasteiger partial charge in [-0.3, -0.25) is 0 Å². The van der Waals surface area contributed by atoms with Gasteiger partial charge in [-0.1, -0.05) is 0 Å². The summed E-state index contributed by atoms with van der Waals surface area (Å²) >= 11 is -0.129. The van der Waals surface area contributed by atoms with Crippen molar-refractivity contribution in [1.82, 2.24) is 4.90 Å². The molecular weight excluding hydrogens is 245 g/mol. The molecule has 14 heavy (non-hydrogen) atoms. The monoisotopic (exact) mass is 259 g/mol. The van der Waals surface area contributed by atoms with E-state index in [0.717, 1.165) is 10.2 Å². The van der Waals surface area contributed by atoms with E-state index in [1.807, 2.05) is 24.3 Å². The van der Waals surface area contributed by atoms with E-state index < -0.39 is 0 Å². The summed E-state index contributed by atoms with van der Waals surface area (Å²) < 4.78 is 6.10.